The van der Waals surface area contributed by atoms with Crippen molar-refractivity contribution in [2.45, 2.75) is 6.92 Å². The topological polar surface area (TPSA) is 102 Å². The highest BCUT2D eigenvalue weighted by molar-refractivity contribution is 6.19. The fourth-order valence-corrected chi connectivity index (χ4v) is 3.20. The van der Waals surface area contributed by atoms with E-state index in [1.165, 1.54) is 36.4 Å². The molecule has 7 nitrogen and oxygen atoms in total. The average molecular weight is 418 g/mol. The Hall–Kier alpha value is -4.33. The Balaban J connectivity index is 1.81. The summed E-state index contributed by atoms with van der Waals surface area (Å²) in [5.74, 6) is -2.15. The standard InChI is InChI=1S/C23H15FN2O5/c1-13-10-11-14(12-17(13)24)21(27)22-20(16-7-3-5-9-19(16)31-22)25-23(28)15-6-2-4-8-18(15)26(29)30/h2-12H,1H3,(H,25,28). The summed E-state index contributed by atoms with van der Waals surface area (Å²) < 4.78 is 19.7. The molecule has 154 valence electrons. The van der Waals surface area contributed by atoms with E-state index in [9.17, 15) is 24.1 Å². The lowest BCUT2D eigenvalue weighted by molar-refractivity contribution is -0.385. The van der Waals surface area contributed by atoms with Gasteiger partial charge in [0.1, 0.15) is 17.0 Å². The van der Waals surface area contributed by atoms with Gasteiger partial charge in [0.2, 0.25) is 5.78 Å². The maximum Gasteiger partial charge on any atom is 0.282 e. The summed E-state index contributed by atoms with van der Waals surface area (Å²) in [5, 5.41) is 14.3. The molecule has 4 rings (SSSR count). The summed E-state index contributed by atoms with van der Waals surface area (Å²) in [6, 6.07) is 16.1. The Morgan fingerprint density at radius 2 is 1.74 bits per heavy atom. The van der Waals surface area contributed by atoms with E-state index < -0.39 is 22.4 Å². The molecule has 0 saturated carbocycles. The summed E-state index contributed by atoms with van der Waals surface area (Å²) in [7, 11) is 0. The Bertz CT molecular complexity index is 1360. The number of furan rings is 1. The van der Waals surface area contributed by atoms with Crippen molar-refractivity contribution in [3.8, 4) is 0 Å². The molecule has 0 aliphatic rings. The van der Waals surface area contributed by atoms with Gasteiger partial charge >= 0.3 is 0 Å². The maximum atomic E-state index is 14.0. The highest BCUT2D eigenvalue weighted by Gasteiger charge is 2.26. The number of nitro benzene ring substituents is 1. The van der Waals surface area contributed by atoms with E-state index >= 15 is 0 Å². The summed E-state index contributed by atoms with van der Waals surface area (Å²) in [5.41, 5.74) is 0.272. The van der Waals surface area contributed by atoms with Crippen LogP contribution in [-0.2, 0) is 0 Å². The summed E-state index contributed by atoms with van der Waals surface area (Å²) in [6.07, 6.45) is 0. The van der Waals surface area contributed by atoms with Gasteiger partial charge in [-0.3, -0.25) is 19.7 Å². The molecule has 0 aliphatic heterocycles. The molecule has 8 heteroatoms. The number of nitro groups is 1. The number of benzene rings is 3. The molecule has 1 aromatic heterocycles. The van der Waals surface area contributed by atoms with Gasteiger partial charge in [0.25, 0.3) is 11.6 Å². The summed E-state index contributed by atoms with van der Waals surface area (Å²) in [4.78, 5) is 36.6. The molecule has 0 radical (unpaired) electrons. The molecule has 0 saturated heterocycles. The minimum absolute atomic E-state index is 0.0448. The quantitative estimate of drug-likeness (QED) is 0.270. The van der Waals surface area contributed by atoms with Crippen LogP contribution >= 0.6 is 0 Å². The third kappa shape index (κ3) is 3.66. The first-order valence-electron chi connectivity index (χ1n) is 9.24. The number of anilines is 1. The highest BCUT2D eigenvalue weighted by atomic mass is 19.1. The molecule has 0 aliphatic carbocycles. The predicted octanol–water partition coefficient (Wildman–Crippen LogP) is 5.27. The molecule has 0 unspecified atom stereocenters. The molecule has 3 aromatic carbocycles. The Kier molecular flexibility index (Phi) is 5.04. The number of hydrogen-bond donors (Lipinski definition) is 1. The lowest BCUT2D eigenvalue weighted by Gasteiger charge is -2.07. The highest BCUT2D eigenvalue weighted by Crippen LogP contribution is 2.33. The van der Waals surface area contributed by atoms with E-state index in [1.807, 2.05) is 0 Å². The van der Waals surface area contributed by atoms with Gasteiger partial charge in [-0.25, -0.2) is 4.39 Å². The summed E-state index contributed by atoms with van der Waals surface area (Å²) in [6.45, 7) is 1.57. The molecule has 0 bridgehead atoms. The first-order chi connectivity index (χ1) is 14.9. The van der Waals surface area contributed by atoms with Crippen LogP contribution < -0.4 is 5.32 Å². The fraction of sp³-hybridized carbons (Fsp3) is 0.0435. The Morgan fingerprint density at radius 3 is 2.48 bits per heavy atom. The molecule has 0 fully saturated rings. The van der Waals surface area contributed by atoms with Crippen molar-refractivity contribution in [1.82, 2.24) is 0 Å². The van der Waals surface area contributed by atoms with Crippen LogP contribution in [0.25, 0.3) is 11.0 Å². The Morgan fingerprint density at radius 1 is 1.03 bits per heavy atom. The molecule has 1 heterocycles. The van der Waals surface area contributed by atoms with Gasteiger partial charge in [0.05, 0.1) is 10.6 Å². The van der Waals surface area contributed by atoms with Gasteiger partial charge in [0, 0.05) is 17.0 Å². The van der Waals surface area contributed by atoms with E-state index in [0.717, 1.165) is 6.07 Å². The van der Waals surface area contributed by atoms with Crippen LogP contribution in [0.3, 0.4) is 0 Å². The first-order valence-corrected chi connectivity index (χ1v) is 9.24. The molecule has 31 heavy (non-hydrogen) atoms. The number of fused-ring (bicyclic) bond motifs is 1. The second kappa shape index (κ2) is 7.83. The smallest absolute Gasteiger partial charge is 0.282 e. The van der Waals surface area contributed by atoms with Crippen LogP contribution in [-0.4, -0.2) is 16.6 Å². The maximum absolute atomic E-state index is 14.0. The number of nitrogens with one attached hydrogen (secondary N) is 1. The van der Waals surface area contributed by atoms with Crippen molar-refractivity contribution in [1.29, 1.82) is 0 Å². The molecule has 0 atom stereocenters. The van der Waals surface area contributed by atoms with Crippen LogP contribution in [0.2, 0.25) is 0 Å². The fourth-order valence-electron chi connectivity index (χ4n) is 3.20. The van der Waals surface area contributed by atoms with E-state index in [2.05, 4.69) is 5.32 Å². The number of para-hydroxylation sites is 2. The zero-order chi connectivity index (χ0) is 22.1. The minimum atomic E-state index is -0.775. The van der Waals surface area contributed by atoms with Gasteiger partial charge in [-0.2, -0.15) is 0 Å². The van der Waals surface area contributed by atoms with E-state index in [-0.39, 0.29) is 28.3 Å². The second-order valence-electron chi connectivity index (χ2n) is 6.82. The van der Waals surface area contributed by atoms with Crippen molar-refractivity contribution in [3.63, 3.8) is 0 Å². The van der Waals surface area contributed by atoms with Crippen LogP contribution in [0.15, 0.2) is 71.1 Å². The molecule has 1 N–H and O–H groups in total. The number of aryl methyl sites for hydroxylation is 1. The van der Waals surface area contributed by atoms with Crippen LogP contribution in [0.1, 0.15) is 32.0 Å². The normalized spacial score (nSPS) is 10.8. The first kappa shape index (κ1) is 20.0. The van der Waals surface area contributed by atoms with E-state index in [0.29, 0.717) is 16.5 Å². The SMILES string of the molecule is Cc1ccc(C(=O)c2oc3ccccc3c2NC(=O)c2ccccc2[N+](=O)[O-])cc1F. The van der Waals surface area contributed by atoms with Gasteiger partial charge in [0.15, 0.2) is 5.76 Å². The summed E-state index contributed by atoms with van der Waals surface area (Å²) >= 11 is 0. The van der Waals surface area contributed by atoms with Crippen molar-refractivity contribution >= 4 is 34.0 Å². The van der Waals surface area contributed by atoms with Gasteiger partial charge in [-0.15, -0.1) is 0 Å². The number of amides is 1. The number of ketones is 1. The number of hydrogen-bond acceptors (Lipinski definition) is 5. The number of carbonyl (C=O) groups is 2. The van der Waals surface area contributed by atoms with Crippen molar-refractivity contribution in [2.75, 3.05) is 5.32 Å². The van der Waals surface area contributed by atoms with E-state index in [4.69, 9.17) is 4.42 Å². The predicted molar refractivity (Wildman–Crippen MR) is 112 cm³/mol. The third-order valence-electron chi connectivity index (χ3n) is 4.82. The molecule has 4 aromatic rings. The van der Waals surface area contributed by atoms with Gasteiger partial charge in [-0.05, 0) is 36.8 Å². The number of halogens is 1. The molecular formula is C23H15FN2O5. The lowest BCUT2D eigenvalue weighted by Crippen LogP contribution is -2.16. The monoisotopic (exact) mass is 418 g/mol. The minimum Gasteiger partial charge on any atom is -0.450 e. The second-order valence-corrected chi connectivity index (χ2v) is 6.82. The van der Waals surface area contributed by atoms with Crippen molar-refractivity contribution in [3.05, 3.63) is 105 Å². The van der Waals surface area contributed by atoms with Crippen molar-refractivity contribution in [2.24, 2.45) is 0 Å². The zero-order valence-electron chi connectivity index (χ0n) is 16.2. The molecular weight excluding hydrogens is 403 g/mol. The van der Waals surface area contributed by atoms with Gasteiger partial charge < -0.3 is 9.73 Å². The largest absolute Gasteiger partial charge is 0.450 e. The lowest BCUT2D eigenvalue weighted by atomic mass is 10.0. The average Bonchev–Trinajstić information content (AvgIpc) is 3.13. The molecule has 1 amide bonds. The third-order valence-corrected chi connectivity index (χ3v) is 4.82. The van der Waals surface area contributed by atoms with Gasteiger partial charge in [-0.1, -0.05) is 36.4 Å². The van der Waals surface area contributed by atoms with Crippen molar-refractivity contribution < 1.29 is 23.3 Å². The van der Waals surface area contributed by atoms with Crippen LogP contribution in [0.5, 0.6) is 0 Å². The van der Waals surface area contributed by atoms with E-state index in [1.54, 1.807) is 31.2 Å². The number of carbonyl (C=O) groups excluding carboxylic acids is 2. The van der Waals surface area contributed by atoms with Crippen LogP contribution in [0.4, 0.5) is 15.8 Å². The Labute approximate surface area is 175 Å². The zero-order valence-corrected chi connectivity index (χ0v) is 16.2. The number of rotatable bonds is 5. The molecule has 0 spiro atoms. The number of nitrogens with zero attached hydrogens (tertiary/aromatic N) is 1. The van der Waals surface area contributed by atoms with Crippen LogP contribution in [0, 0.1) is 22.9 Å².